The quantitative estimate of drug-likeness (QED) is 0.865. The van der Waals surface area contributed by atoms with Gasteiger partial charge in [0.1, 0.15) is 5.82 Å². The molecular weight excluding hydrogens is 314 g/mol. The molecule has 0 spiro atoms. The fourth-order valence-electron chi connectivity index (χ4n) is 1.02. The molecule has 0 fully saturated rings. The van der Waals surface area contributed by atoms with Gasteiger partial charge in [-0.3, -0.25) is 4.79 Å². The Hall–Kier alpha value is -0.980. The minimum atomic E-state index is -0.217. The van der Waals surface area contributed by atoms with Crippen LogP contribution in [0.4, 0.5) is 5.82 Å². The van der Waals surface area contributed by atoms with Crippen LogP contribution in [0, 0.1) is 0 Å². The molecule has 7 heteroatoms. The molecule has 0 aromatic carbocycles. The number of anilines is 1. The number of nitrogens with one attached hydrogen (secondary N) is 1. The standard InChI is InChI=1S/C9H5BrClN3OS/c10-6-2-1-5(16-6)8(15)13-7-3-4-12-9(11)14-7/h1-4H,(H,12,13,14,15). The Morgan fingerprint density at radius 1 is 1.44 bits per heavy atom. The summed E-state index contributed by atoms with van der Waals surface area (Å²) in [6.07, 6.45) is 1.48. The van der Waals surface area contributed by atoms with E-state index in [1.807, 2.05) is 6.07 Å². The molecule has 2 rings (SSSR count). The zero-order valence-corrected chi connectivity index (χ0v) is 10.9. The summed E-state index contributed by atoms with van der Waals surface area (Å²) in [5.41, 5.74) is 0. The Labute approximate surface area is 109 Å². The second kappa shape index (κ2) is 4.90. The number of nitrogens with zero attached hydrogens (tertiary/aromatic N) is 2. The third-order valence-electron chi connectivity index (χ3n) is 1.66. The van der Waals surface area contributed by atoms with Crippen molar-refractivity contribution in [3.63, 3.8) is 0 Å². The summed E-state index contributed by atoms with van der Waals surface area (Å²) < 4.78 is 0.901. The van der Waals surface area contributed by atoms with Crippen molar-refractivity contribution in [3.05, 3.63) is 38.3 Å². The maximum atomic E-state index is 11.7. The van der Waals surface area contributed by atoms with Crippen molar-refractivity contribution < 1.29 is 4.79 Å². The lowest BCUT2D eigenvalue weighted by Gasteiger charge is -2.01. The van der Waals surface area contributed by atoms with Crippen molar-refractivity contribution in [1.82, 2.24) is 9.97 Å². The van der Waals surface area contributed by atoms with Crippen LogP contribution < -0.4 is 5.32 Å². The third kappa shape index (κ3) is 2.78. The van der Waals surface area contributed by atoms with Gasteiger partial charge in [0.15, 0.2) is 0 Å². The van der Waals surface area contributed by atoms with E-state index in [1.54, 1.807) is 12.1 Å². The molecule has 1 amide bonds. The van der Waals surface area contributed by atoms with Crippen LogP contribution in [0.25, 0.3) is 0 Å². The van der Waals surface area contributed by atoms with Crippen molar-refractivity contribution in [2.24, 2.45) is 0 Å². The molecule has 0 unspecified atom stereocenters. The number of carbonyl (C=O) groups is 1. The first kappa shape index (κ1) is 11.5. The number of rotatable bonds is 2. The van der Waals surface area contributed by atoms with Crippen LogP contribution in [0.15, 0.2) is 28.2 Å². The van der Waals surface area contributed by atoms with Gasteiger partial charge in [-0.05, 0) is 45.7 Å². The Bertz CT molecular complexity index is 531. The van der Waals surface area contributed by atoms with Gasteiger partial charge >= 0.3 is 0 Å². The van der Waals surface area contributed by atoms with Crippen LogP contribution >= 0.6 is 38.9 Å². The summed E-state index contributed by atoms with van der Waals surface area (Å²) in [5.74, 6) is 0.167. The summed E-state index contributed by atoms with van der Waals surface area (Å²) in [5, 5.41) is 2.73. The van der Waals surface area contributed by atoms with Crippen molar-refractivity contribution in [2.45, 2.75) is 0 Å². The lowest BCUT2D eigenvalue weighted by molar-refractivity contribution is 0.103. The van der Waals surface area contributed by atoms with Crippen molar-refractivity contribution >= 4 is 50.6 Å². The zero-order chi connectivity index (χ0) is 11.5. The highest BCUT2D eigenvalue weighted by atomic mass is 79.9. The second-order valence-electron chi connectivity index (χ2n) is 2.77. The fraction of sp³-hybridized carbons (Fsp3) is 0. The first-order valence-electron chi connectivity index (χ1n) is 4.20. The Balaban J connectivity index is 2.13. The molecule has 2 aromatic heterocycles. The van der Waals surface area contributed by atoms with E-state index in [9.17, 15) is 4.79 Å². The SMILES string of the molecule is O=C(Nc1ccnc(Cl)n1)c1ccc(Br)s1. The highest BCUT2D eigenvalue weighted by molar-refractivity contribution is 9.11. The number of thiophene rings is 1. The highest BCUT2D eigenvalue weighted by Gasteiger charge is 2.09. The number of hydrogen-bond acceptors (Lipinski definition) is 4. The number of carbonyl (C=O) groups excluding carboxylic acids is 1. The van der Waals surface area contributed by atoms with Crippen molar-refractivity contribution in [1.29, 1.82) is 0 Å². The van der Waals surface area contributed by atoms with Crippen LogP contribution in [0.2, 0.25) is 5.28 Å². The molecule has 0 aliphatic carbocycles. The summed E-state index contributed by atoms with van der Waals surface area (Å²) in [6, 6.07) is 5.12. The van der Waals surface area contributed by atoms with Crippen LogP contribution in [0.1, 0.15) is 9.67 Å². The van der Waals surface area contributed by atoms with Crippen molar-refractivity contribution in [2.75, 3.05) is 5.32 Å². The lowest BCUT2D eigenvalue weighted by Crippen LogP contribution is -2.11. The first-order valence-corrected chi connectivity index (χ1v) is 6.19. The van der Waals surface area contributed by atoms with Gasteiger partial charge in [-0.15, -0.1) is 11.3 Å². The van der Waals surface area contributed by atoms with E-state index in [1.165, 1.54) is 17.5 Å². The zero-order valence-electron chi connectivity index (χ0n) is 7.78. The molecule has 0 atom stereocenters. The molecule has 82 valence electrons. The minimum Gasteiger partial charge on any atom is -0.306 e. The number of hydrogen-bond donors (Lipinski definition) is 1. The molecular formula is C9H5BrClN3OS. The van der Waals surface area contributed by atoms with E-state index < -0.39 is 0 Å². The van der Waals surface area contributed by atoms with Crippen LogP contribution in [-0.2, 0) is 0 Å². The van der Waals surface area contributed by atoms with Gasteiger partial charge in [-0.2, -0.15) is 0 Å². The largest absolute Gasteiger partial charge is 0.306 e. The van der Waals surface area contributed by atoms with E-state index in [-0.39, 0.29) is 11.2 Å². The predicted molar refractivity (Wildman–Crippen MR) is 67.0 cm³/mol. The average Bonchev–Trinajstić information content (AvgIpc) is 2.65. The molecule has 2 heterocycles. The fourth-order valence-corrected chi connectivity index (χ4v) is 2.45. The summed E-state index contributed by atoms with van der Waals surface area (Å²) >= 11 is 10.2. The smallest absolute Gasteiger partial charge is 0.266 e. The monoisotopic (exact) mass is 317 g/mol. The Morgan fingerprint density at radius 2 is 2.25 bits per heavy atom. The average molecular weight is 319 g/mol. The molecule has 0 saturated heterocycles. The van der Waals surface area contributed by atoms with E-state index in [2.05, 4.69) is 31.2 Å². The number of amides is 1. The van der Waals surface area contributed by atoms with E-state index >= 15 is 0 Å². The van der Waals surface area contributed by atoms with E-state index in [0.717, 1.165) is 3.79 Å². The maximum absolute atomic E-state index is 11.7. The molecule has 0 aliphatic heterocycles. The summed E-state index contributed by atoms with van der Waals surface area (Å²) in [4.78, 5) is 19.9. The van der Waals surface area contributed by atoms with E-state index in [0.29, 0.717) is 10.7 Å². The lowest BCUT2D eigenvalue weighted by atomic mass is 10.4. The summed E-state index contributed by atoms with van der Waals surface area (Å²) in [6.45, 7) is 0. The second-order valence-corrected chi connectivity index (χ2v) is 5.57. The van der Waals surface area contributed by atoms with Gasteiger partial charge in [0.25, 0.3) is 5.91 Å². The molecule has 1 N–H and O–H groups in total. The molecule has 2 aromatic rings. The minimum absolute atomic E-state index is 0.102. The number of halogens is 2. The Morgan fingerprint density at radius 3 is 2.88 bits per heavy atom. The maximum Gasteiger partial charge on any atom is 0.266 e. The molecule has 0 aliphatic rings. The van der Waals surface area contributed by atoms with Crippen LogP contribution in [-0.4, -0.2) is 15.9 Å². The predicted octanol–water partition coefficient (Wildman–Crippen LogP) is 3.21. The van der Waals surface area contributed by atoms with Gasteiger partial charge in [0, 0.05) is 6.20 Å². The molecule has 0 saturated carbocycles. The van der Waals surface area contributed by atoms with Gasteiger partial charge < -0.3 is 5.32 Å². The molecule has 0 bridgehead atoms. The van der Waals surface area contributed by atoms with Gasteiger partial charge in [-0.1, -0.05) is 0 Å². The normalized spacial score (nSPS) is 10.1. The summed E-state index contributed by atoms with van der Waals surface area (Å²) in [7, 11) is 0. The topological polar surface area (TPSA) is 54.9 Å². The van der Waals surface area contributed by atoms with Crippen LogP contribution in [0.3, 0.4) is 0 Å². The first-order chi connectivity index (χ1) is 7.65. The highest BCUT2D eigenvalue weighted by Crippen LogP contribution is 2.22. The van der Waals surface area contributed by atoms with Gasteiger partial charge in [0.05, 0.1) is 8.66 Å². The Kier molecular flexibility index (Phi) is 3.52. The van der Waals surface area contributed by atoms with E-state index in [4.69, 9.17) is 11.6 Å². The van der Waals surface area contributed by atoms with Gasteiger partial charge in [-0.25, -0.2) is 9.97 Å². The van der Waals surface area contributed by atoms with Gasteiger partial charge in [0.2, 0.25) is 5.28 Å². The van der Waals surface area contributed by atoms with Crippen LogP contribution in [0.5, 0.6) is 0 Å². The van der Waals surface area contributed by atoms with Crippen molar-refractivity contribution in [3.8, 4) is 0 Å². The number of aromatic nitrogens is 2. The molecule has 16 heavy (non-hydrogen) atoms. The molecule has 4 nitrogen and oxygen atoms in total. The third-order valence-corrected chi connectivity index (χ3v) is 3.47. The molecule has 0 radical (unpaired) electrons.